The van der Waals surface area contributed by atoms with Gasteiger partial charge in [-0.05, 0) is 18.8 Å². The van der Waals surface area contributed by atoms with Gasteiger partial charge in [-0.3, -0.25) is 0 Å². The SMILES string of the molecule is CCC(CO)Nc1nc(C(CC)CO)nc2c(C(C)C)nn(N)c12. The summed E-state index contributed by atoms with van der Waals surface area (Å²) in [5.74, 6) is 7.16. The van der Waals surface area contributed by atoms with Gasteiger partial charge in [0.1, 0.15) is 11.3 Å². The van der Waals surface area contributed by atoms with Crippen LogP contribution in [0.1, 0.15) is 63.9 Å². The van der Waals surface area contributed by atoms with E-state index in [0.717, 1.165) is 18.5 Å². The molecule has 0 amide bonds. The molecule has 2 aromatic rings. The van der Waals surface area contributed by atoms with Crippen LogP contribution in [0, 0.1) is 0 Å². The van der Waals surface area contributed by atoms with Crippen LogP contribution in [0.4, 0.5) is 5.82 Å². The normalized spacial score (nSPS) is 14.3. The van der Waals surface area contributed by atoms with Crippen molar-refractivity contribution in [3.63, 3.8) is 0 Å². The maximum atomic E-state index is 9.61. The number of nitrogens with one attached hydrogen (secondary N) is 1. The molecule has 0 aromatic carbocycles. The molecule has 0 aliphatic rings. The number of aliphatic hydroxyl groups excluding tert-OH is 2. The lowest BCUT2D eigenvalue weighted by molar-refractivity contribution is 0.257. The minimum Gasteiger partial charge on any atom is -0.396 e. The molecule has 2 heterocycles. The summed E-state index contributed by atoms with van der Waals surface area (Å²) < 4.78 is 0. The lowest BCUT2D eigenvalue weighted by Gasteiger charge is -2.18. The maximum absolute atomic E-state index is 9.61. The van der Waals surface area contributed by atoms with Gasteiger partial charge in [0.25, 0.3) is 0 Å². The van der Waals surface area contributed by atoms with Crippen LogP contribution < -0.4 is 11.2 Å². The van der Waals surface area contributed by atoms with Gasteiger partial charge < -0.3 is 21.4 Å². The largest absolute Gasteiger partial charge is 0.396 e. The van der Waals surface area contributed by atoms with Crippen molar-refractivity contribution < 1.29 is 10.2 Å². The summed E-state index contributed by atoms with van der Waals surface area (Å²) in [5, 5.41) is 26.7. The quantitative estimate of drug-likeness (QED) is 0.536. The third kappa shape index (κ3) is 3.44. The van der Waals surface area contributed by atoms with Gasteiger partial charge in [-0.25, -0.2) is 9.97 Å². The second-order valence-electron chi connectivity index (χ2n) is 6.33. The van der Waals surface area contributed by atoms with Crippen LogP contribution in [0.3, 0.4) is 0 Å². The highest BCUT2D eigenvalue weighted by Gasteiger charge is 2.23. The topological polar surface area (TPSA) is 122 Å². The van der Waals surface area contributed by atoms with E-state index in [-0.39, 0.29) is 31.1 Å². The van der Waals surface area contributed by atoms with Crippen molar-refractivity contribution in [2.24, 2.45) is 0 Å². The van der Waals surface area contributed by atoms with Crippen LogP contribution in [0.5, 0.6) is 0 Å². The molecular formula is C16H28N6O2. The van der Waals surface area contributed by atoms with Crippen LogP contribution >= 0.6 is 0 Å². The summed E-state index contributed by atoms with van der Waals surface area (Å²) in [6.07, 6.45) is 1.47. The number of anilines is 1. The average Bonchev–Trinajstić information content (AvgIpc) is 2.91. The van der Waals surface area contributed by atoms with E-state index in [4.69, 9.17) is 5.84 Å². The molecule has 0 aliphatic carbocycles. The Morgan fingerprint density at radius 3 is 2.33 bits per heavy atom. The molecule has 2 unspecified atom stereocenters. The van der Waals surface area contributed by atoms with Crippen LogP contribution in [0.2, 0.25) is 0 Å². The third-order valence-electron chi connectivity index (χ3n) is 4.27. The smallest absolute Gasteiger partial charge is 0.158 e. The fourth-order valence-electron chi connectivity index (χ4n) is 2.62. The second-order valence-corrected chi connectivity index (χ2v) is 6.33. The van der Waals surface area contributed by atoms with Crippen molar-refractivity contribution in [2.45, 2.75) is 58.4 Å². The maximum Gasteiger partial charge on any atom is 0.158 e. The Bertz CT molecular complexity index is 677. The van der Waals surface area contributed by atoms with Gasteiger partial charge in [0, 0.05) is 5.92 Å². The molecule has 2 rings (SSSR count). The Balaban J connectivity index is 2.67. The van der Waals surface area contributed by atoms with E-state index in [1.807, 2.05) is 27.7 Å². The third-order valence-corrected chi connectivity index (χ3v) is 4.27. The minimum atomic E-state index is -0.148. The number of hydrogen-bond donors (Lipinski definition) is 4. The van der Waals surface area contributed by atoms with Gasteiger partial charge in [0.15, 0.2) is 11.3 Å². The molecule has 5 N–H and O–H groups in total. The Morgan fingerprint density at radius 2 is 1.83 bits per heavy atom. The lowest BCUT2D eigenvalue weighted by atomic mass is 10.1. The number of nitrogens with zero attached hydrogens (tertiary/aromatic N) is 4. The van der Waals surface area contributed by atoms with Crippen molar-refractivity contribution in [1.82, 2.24) is 19.9 Å². The standard InChI is InChI=1S/C16H28N6O2/c1-5-10(7-23)15-19-13-12(9(3)4)21-22(17)14(13)16(20-15)18-11(6-2)8-24/h9-11,23-24H,5-8,17H2,1-4H3,(H,18,19,20). The van der Waals surface area contributed by atoms with Gasteiger partial charge in [-0.15, -0.1) is 0 Å². The van der Waals surface area contributed by atoms with Crippen LogP contribution in [-0.4, -0.2) is 49.3 Å². The molecule has 0 aliphatic heterocycles. The van der Waals surface area contributed by atoms with Crippen molar-refractivity contribution >= 4 is 16.9 Å². The first-order valence-electron chi connectivity index (χ1n) is 8.50. The highest BCUT2D eigenvalue weighted by molar-refractivity contribution is 5.88. The Hall–Kier alpha value is -1.93. The van der Waals surface area contributed by atoms with Crippen molar-refractivity contribution in [1.29, 1.82) is 0 Å². The second kappa shape index (κ2) is 7.76. The predicted molar refractivity (Wildman–Crippen MR) is 94.5 cm³/mol. The lowest BCUT2D eigenvalue weighted by Crippen LogP contribution is -2.25. The van der Waals surface area contributed by atoms with E-state index in [1.165, 1.54) is 4.79 Å². The number of hydrogen-bond acceptors (Lipinski definition) is 7. The number of fused-ring (bicyclic) bond motifs is 1. The molecule has 0 spiro atoms. The van der Waals surface area contributed by atoms with Crippen molar-refractivity contribution in [3.8, 4) is 0 Å². The van der Waals surface area contributed by atoms with Crippen LogP contribution in [0.25, 0.3) is 11.0 Å². The number of aliphatic hydroxyl groups is 2. The minimum absolute atomic E-state index is 0.00964. The van der Waals surface area contributed by atoms with E-state index < -0.39 is 0 Å². The van der Waals surface area contributed by atoms with E-state index in [2.05, 4.69) is 20.4 Å². The predicted octanol–water partition coefficient (Wildman–Crippen LogP) is 1.33. The number of aromatic nitrogens is 4. The van der Waals surface area contributed by atoms with Gasteiger partial charge in [0.05, 0.1) is 24.9 Å². The molecule has 0 fully saturated rings. The molecule has 0 radical (unpaired) electrons. The number of nitrogen functional groups attached to an aromatic ring is 1. The molecule has 0 saturated carbocycles. The van der Waals surface area contributed by atoms with E-state index >= 15 is 0 Å². The first-order valence-corrected chi connectivity index (χ1v) is 8.50. The summed E-state index contributed by atoms with van der Waals surface area (Å²) in [6, 6.07) is -0.137. The molecule has 2 atom stereocenters. The molecule has 8 nitrogen and oxygen atoms in total. The first-order chi connectivity index (χ1) is 11.5. The number of rotatable bonds is 8. The summed E-state index contributed by atoms with van der Waals surface area (Å²) in [6.45, 7) is 8.00. The zero-order valence-electron chi connectivity index (χ0n) is 14.8. The molecular weight excluding hydrogens is 308 g/mol. The van der Waals surface area contributed by atoms with E-state index in [1.54, 1.807) is 0 Å². The molecule has 24 heavy (non-hydrogen) atoms. The van der Waals surface area contributed by atoms with Gasteiger partial charge in [-0.2, -0.15) is 9.89 Å². The summed E-state index contributed by atoms with van der Waals surface area (Å²) in [5.41, 5.74) is 2.10. The molecule has 0 saturated heterocycles. The van der Waals surface area contributed by atoms with Gasteiger partial charge in [0.2, 0.25) is 0 Å². The van der Waals surface area contributed by atoms with Gasteiger partial charge >= 0.3 is 0 Å². The average molecular weight is 336 g/mol. The summed E-state index contributed by atoms with van der Waals surface area (Å²) >= 11 is 0. The van der Waals surface area contributed by atoms with E-state index in [0.29, 0.717) is 22.7 Å². The monoisotopic (exact) mass is 336 g/mol. The first kappa shape index (κ1) is 18.4. The Kier molecular flexibility index (Phi) is 5.95. The van der Waals surface area contributed by atoms with Crippen molar-refractivity contribution in [2.75, 3.05) is 24.4 Å². The Morgan fingerprint density at radius 1 is 1.12 bits per heavy atom. The molecule has 134 valence electrons. The van der Waals surface area contributed by atoms with Gasteiger partial charge in [-0.1, -0.05) is 27.7 Å². The Labute approximate surface area is 142 Å². The fraction of sp³-hybridized carbons (Fsp3) is 0.688. The summed E-state index contributed by atoms with van der Waals surface area (Å²) in [7, 11) is 0. The fourth-order valence-corrected chi connectivity index (χ4v) is 2.62. The van der Waals surface area contributed by atoms with Crippen molar-refractivity contribution in [3.05, 3.63) is 11.5 Å². The molecule has 8 heteroatoms. The highest BCUT2D eigenvalue weighted by atomic mass is 16.3. The number of nitrogens with two attached hydrogens (primary N) is 1. The highest BCUT2D eigenvalue weighted by Crippen LogP contribution is 2.29. The molecule has 2 aromatic heterocycles. The van der Waals surface area contributed by atoms with Crippen LogP contribution in [0.15, 0.2) is 0 Å². The zero-order chi connectivity index (χ0) is 17.9. The molecule has 0 bridgehead atoms. The van der Waals surface area contributed by atoms with Crippen LogP contribution in [-0.2, 0) is 0 Å². The zero-order valence-corrected chi connectivity index (χ0v) is 14.8. The van der Waals surface area contributed by atoms with E-state index in [9.17, 15) is 10.2 Å². The summed E-state index contributed by atoms with van der Waals surface area (Å²) in [4.78, 5) is 10.5.